The molecule has 0 bridgehead atoms. The summed E-state index contributed by atoms with van der Waals surface area (Å²) in [7, 11) is 1.91. The van der Waals surface area contributed by atoms with E-state index in [2.05, 4.69) is 15.1 Å². The van der Waals surface area contributed by atoms with Crippen LogP contribution < -0.4 is 5.73 Å². The summed E-state index contributed by atoms with van der Waals surface area (Å²) in [5.74, 6) is 0. The summed E-state index contributed by atoms with van der Waals surface area (Å²) < 4.78 is 15.7. The molecule has 0 aliphatic heterocycles. The molecule has 9 heteroatoms. The number of nitrogens with two attached hydrogens (primary N) is 1. The zero-order valence-electron chi connectivity index (χ0n) is 17.4. The predicted molar refractivity (Wildman–Crippen MR) is 129 cm³/mol. The first-order chi connectivity index (χ1) is 15.6. The highest BCUT2D eigenvalue weighted by atomic mass is 32.2. The van der Waals surface area contributed by atoms with Gasteiger partial charge in [-0.25, -0.2) is 4.98 Å². The predicted octanol–water partition coefficient (Wildman–Crippen LogP) is 4.55. The Morgan fingerprint density at radius 1 is 1.09 bits per heavy atom. The molecule has 2 N–H and O–H groups in total. The minimum atomic E-state index is -1.10. The van der Waals surface area contributed by atoms with Crippen molar-refractivity contribution in [1.29, 1.82) is 0 Å². The van der Waals surface area contributed by atoms with Gasteiger partial charge in [0.2, 0.25) is 4.21 Å². The Hall–Kier alpha value is -3.01. The van der Waals surface area contributed by atoms with Crippen molar-refractivity contribution in [3.8, 4) is 22.5 Å². The highest BCUT2D eigenvalue weighted by molar-refractivity contribution is 7.94. The van der Waals surface area contributed by atoms with Crippen molar-refractivity contribution in [3.63, 3.8) is 0 Å². The lowest BCUT2D eigenvalue weighted by Crippen LogP contribution is -2.28. The first-order valence-electron chi connectivity index (χ1n) is 10.4. The molecule has 1 aliphatic carbocycles. The molecule has 4 heterocycles. The maximum Gasteiger partial charge on any atom is 0.232 e. The first-order valence-corrected chi connectivity index (χ1v) is 12.5. The van der Waals surface area contributed by atoms with Gasteiger partial charge >= 0.3 is 0 Å². The molecule has 7 nitrogen and oxygen atoms in total. The SMILES string of the molecule is Cn1nccc1-c1cc(-c2ccc3nccnc3c2)nc2sc([S+]([O-])C3CCC3)c(N)c12. The van der Waals surface area contributed by atoms with Crippen molar-refractivity contribution in [2.24, 2.45) is 7.05 Å². The van der Waals surface area contributed by atoms with Crippen LogP contribution in [0.4, 0.5) is 5.69 Å². The molecule has 6 rings (SSSR count). The number of pyridine rings is 1. The maximum atomic E-state index is 13.2. The van der Waals surface area contributed by atoms with E-state index < -0.39 is 11.2 Å². The number of hydrogen-bond acceptors (Lipinski definition) is 7. The monoisotopic (exact) mass is 460 g/mol. The van der Waals surface area contributed by atoms with Gasteiger partial charge in [0.15, 0.2) is 0 Å². The normalized spacial score (nSPS) is 15.3. The number of thiophene rings is 1. The van der Waals surface area contributed by atoms with Gasteiger partial charge in [-0.15, -0.1) is 0 Å². The van der Waals surface area contributed by atoms with Crippen LogP contribution in [0.3, 0.4) is 0 Å². The molecule has 0 saturated heterocycles. The Labute approximate surface area is 191 Å². The lowest BCUT2D eigenvalue weighted by atomic mass is 10.00. The third-order valence-corrected chi connectivity index (χ3v) is 9.36. The van der Waals surface area contributed by atoms with Crippen LogP contribution in [0, 0.1) is 0 Å². The molecule has 1 aliphatic rings. The fourth-order valence-electron chi connectivity index (χ4n) is 4.10. The molecule has 1 aromatic carbocycles. The number of nitrogen functional groups attached to an aromatic ring is 1. The zero-order chi connectivity index (χ0) is 21.8. The minimum Gasteiger partial charge on any atom is -0.611 e. The van der Waals surface area contributed by atoms with Crippen LogP contribution in [0.25, 0.3) is 43.8 Å². The highest BCUT2D eigenvalue weighted by Gasteiger charge is 2.35. The van der Waals surface area contributed by atoms with Gasteiger partial charge in [0.25, 0.3) is 0 Å². The Morgan fingerprint density at radius 2 is 1.91 bits per heavy atom. The number of fused-ring (bicyclic) bond motifs is 2. The second-order valence-electron chi connectivity index (χ2n) is 7.99. The largest absolute Gasteiger partial charge is 0.611 e. The van der Waals surface area contributed by atoms with Crippen LogP contribution in [0.15, 0.2) is 53.1 Å². The van der Waals surface area contributed by atoms with Crippen molar-refractivity contribution in [2.75, 3.05) is 5.73 Å². The van der Waals surface area contributed by atoms with E-state index in [9.17, 15) is 4.55 Å². The Kier molecular flexibility index (Phi) is 4.63. The van der Waals surface area contributed by atoms with E-state index >= 15 is 0 Å². The summed E-state index contributed by atoms with van der Waals surface area (Å²) in [5.41, 5.74) is 12.5. The number of anilines is 1. The van der Waals surface area contributed by atoms with Crippen molar-refractivity contribution < 1.29 is 4.55 Å². The quantitative estimate of drug-likeness (QED) is 0.395. The van der Waals surface area contributed by atoms with Crippen molar-refractivity contribution in [2.45, 2.75) is 28.7 Å². The van der Waals surface area contributed by atoms with Crippen LogP contribution in [0.2, 0.25) is 0 Å². The second-order valence-corrected chi connectivity index (χ2v) is 10.9. The molecule has 1 fully saturated rings. The van der Waals surface area contributed by atoms with E-state index in [1.165, 1.54) is 11.3 Å². The van der Waals surface area contributed by atoms with E-state index in [0.29, 0.717) is 5.69 Å². The standard InChI is InChI=1S/C23H20N6OS2/c1-29-19(7-8-27-29)15-12-17(13-5-6-16-18(11-13)26-10-9-25-16)28-22-20(15)21(24)23(31-22)32(30)14-3-2-4-14/h5-12,14H,2-4,24H2,1H3. The van der Waals surface area contributed by atoms with Crippen molar-refractivity contribution in [1.82, 2.24) is 24.7 Å². The van der Waals surface area contributed by atoms with Gasteiger partial charge in [0.1, 0.15) is 15.8 Å². The van der Waals surface area contributed by atoms with Crippen LogP contribution >= 0.6 is 11.3 Å². The van der Waals surface area contributed by atoms with Crippen molar-refractivity contribution in [3.05, 3.63) is 48.9 Å². The molecule has 0 spiro atoms. The lowest BCUT2D eigenvalue weighted by molar-refractivity contribution is 0.478. The van der Waals surface area contributed by atoms with Gasteiger partial charge in [0, 0.05) is 53.3 Å². The summed E-state index contributed by atoms with van der Waals surface area (Å²) in [5, 5.41) is 5.40. The molecule has 1 saturated carbocycles. The molecule has 1 unspecified atom stereocenters. The summed E-state index contributed by atoms with van der Waals surface area (Å²) >= 11 is 0.343. The number of rotatable bonds is 4. The van der Waals surface area contributed by atoms with E-state index in [0.717, 1.165) is 67.2 Å². The average molecular weight is 461 g/mol. The van der Waals surface area contributed by atoms with Gasteiger partial charge in [-0.3, -0.25) is 14.6 Å². The molecule has 0 amide bonds. The molecule has 1 atom stereocenters. The Bertz CT molecular complexity index is 1470. The Balaban J connectivity index is 1.59. The van der Waals surface area contributed by atoms with E-state index in [-0.39, 0.29) is 5.25 Å². The molecule has 5 aromatic rings. The summed E-state index contributed by atoms with van der Waals surface area (Å²) in [6.07, 6.45) is 8.26. The highest BCUT2D eigenvalue weighted by Crippen LogP contribution is 2.45. The molecule has 4 aromatic heterocycles. The Morgan fingerprint density at radius 3 is 2.62 bits per heavy atom. The topological polar surface area (TPSA) is 106 Å². The van der Waals surface area contributed by atoms with E-state index in [1.54, 1.807) is 18.6 Å². The number of aryl methyl sites for hydroxylation is 1. The van der Waals surface area contributed by atoms with Gasteiger partial charge in [-0.05, 0) is 43.5 Å². The third-order valence-electron chi connectivity index (χ3n) is 6.06. The first kappa shape index (κ1) is 19.7. The third kappa shape index (κ3) is 3.08. The summed E-state index contributed by atoms with van der Waals surface area (Å²) in [6, 6.07) is 9.95. The lowest BCUT2D eigenvalue weighted by Gasteiger charge is -2.27. The maximum absolute atomic E-state index is 13.2. The van der Waals surface area contributed by atoms with Gasteiger partial charge in [-0.1, -0.05) is 17.4 Å². The van der Waals surface area contributed by atoms with E-state index in [4.69, 9.17) is 10.7 Å². The fourth-order valence-corrected chi connectivity index (χ4v) is 7.31. The molecular formula is C23H20N6OS2. The number of benzene rings is 1. The molecule has 160 valence electrons. The fraction of sp³-hybridized carbons (Fsp3) is 0.217. The second kappa shape index (κ2) is 7.54. The van der Waals surface area contributed by atoms with Gasteiger partial charge < -0.3 is 10.3 Å². The van der Waals surface area contributed by atoms with Gasteiger partial charge in [0.05, 0.1) is 22.4 Å². The zero-order valence-corrected chi connectivity index (χ0v) is 19.0. The molecule has 32 heavy (non-hydrogen) atoms. The summed E-state index contributed by atoms with van der Waals surface area (Å²) in [4.78, 5) is 14.5. The smallest absolute Gasteiger partial charge is 0.232 e. The van der Waals surface area contributed by atoms with Crippen molar-refractivity contribution >= 4 is 49.5 Å². The van der Waals surface area contributed by atoms with Crippen LogP contribution in [0.1, 0.15) is 19.3 Å². The minimum absolute atomic E-state index is 0.198. The van der Waals surface area contributed by atoms with Gasteiger partial charge in [-0.2, -0.15) is 5.10 Å². The van der Waals surface area contributed by atoms with E-state index in [1.807, 2.05) is 42.1 Å². The van der Waals surface area contributed by atoms with Crippen LogP contribution in [0.5, 0.6) is 0 Å². The average Bonchev–Trinajstić information content (AvgIpc) is 3.34. The number of nitrogens with zero attached hydrogens (tertiary/aromatic N) is 5. The molecular weight excluding hydrogens is 440 g/mol. The number of aromatic nitrogens is 5. The van der Waals surface area contributed by atoms with Crippen LogP contribution in [-0.4, -0.2) is 34.5 Å². The molecule has 0 radical (unpaired) electrons. The summed E-state index contributed by atoms with van der Waals surface area (Å²) in [6.45, 7) is 0. The van der Waals surface area contributed by atoms with Crippen LogP contribution in [-0.2, 0) is 18.2 Å². The number of hydrogen-bond donors (Lipinski definition) is 1.